The highest BCUT2D eigenvalue weighted by molar-refractivity contribution is 5.98. The molecule has 0 bridgehead atoms. The van der Waals surface area contributed by atoms with Gasteiger partial charge in [-0.3, -0.25) is 4.79 Å². The Morgan fingerprint density at radius 3 is 2.68 bits per heavy atom. The number of nitrogens with zero attached hydrogens (tertiary/aromatic N) is 4. The van der Waals surface area contributed by atoms with Crippen LogP contribution >= 0.6 is 0 Å². The van der Waals surface area contributed by atoms with Gasteiger partial charge in [-0.15, -0.1) is 0 Å². The summed E-state index contributed by atoms with van der Waals surface area (Å²) in [6, 6.07) is 11.4. The smallest absolute Gasteiger partial charge is 0.252 e. The first-order valence-electron chi connectivity index (χ1n) is 10.6. The summed E-state index contributed by atoms with van der Waals surface area (Å²) in [7, 11) is 4.18. The Morgan fingerprint density at radius 2 is 1.97 bits per heavy atom. The first-order valence-corrected chi connectivity index (χ1v) is 10.6. The van der Waals surface area contributed by atoms with Crippen molar-refractivity contribution in [2.75, 3.05) is 32.1 Å². The highest BCUT2D eigenvalue weighted by atomic mass is 19.1. The molecule has 1 saturated heterocycles. The third kappa shape index (κ3) is 3.43. The molecule has 7 heteroatoms. The van der Waals surface area contributed by atoms with Crippen molar-refractivity contribution in [2.24, 2.45) is 0 Å². The van der Waals surface area contributed by atoms with Gasteiger partial charge in [-0.05, 0) is 63.7 Å². The Labute approximate surface area is 181 Å². The summed E-state index contributed by atoms with van der Waals surface area (Å²) in [4.78, 5) is 17.8. The minimum Gasteiger partial charge on any atom is -0.368 e. The van der Waals surface area contributed by atoms with E-state index in [1.54, 1.807) is 12.1 Å². The Kier molecular flexibility index (Phi) is 4.66. The van der Waals surface area contributed by atoms with Gasteiger partial charge in [0.05, 0.1) is 11.7 Å². The standard InChI is InChI=1S/C24H26FN5O/c1-15-4-5-16(30-13-17(14-30)29(2)3)12-19(15)23(31)27-24(9-10-24)20-6-7-21(25)18-8-11-26-28-22(18)20/h4-8,11-12,17H,9-10,13-14H2,1-3H3,(H,27,31). The van der Waals surface area contributed by atoms with Gasteiger partial charge in [0.1, 0.15) is 11.3 Å². The summed E-state index contributed by atoms with van der Waals surface area (Å²) >= 11 is 0. The summed E-state index contributed by atoms with van der Waals surface area (Å²) in [5, 5.41) is 11.8. The van der Waals surface area contributed by atoms with Crippen LogP contribution in [0.15, 0.2) is 42.6 Å². The van der Waals surface area contributed by atoms with E-state index >= 15 is 0 Å². The monoisotopic (exact) mass is 419 g/mol. The second-order valence-corrected chi connectivity index (χ2v) is 8.95. The van der Waals surface area contributed by atoms with Gasteiger partial charge in [0.2, 0.25) is 0 Å². The van der Waals surface area contributed by atoms with Crippen molar-refractivity contribution in [3.05, 3.63) is 65.1 Å². The second-order valence-electron chi connectivity index (χ2n) is 8.95. The Bertz CT molecular complexity index is 1170. The van der Waals surface area contributed by atoms with E-state index < -0.39 is 5.54 Å². The molecule has 1 saturated carbocycles. The predicted molar refractivity (Wildman–Crippen MR) is 119 cm³/mol. The molecule has 6 nitrogen and oxygen atoms in total. The van der Waals surface area contributed by atoms with Crippen LogP contribution in [0.25, 0.3) is 10.9 Å². The molecular weight excluding hydrogens is 393 g/mol. The maximum atomic E-state index is 14.2. The minimum absolute atomic E-state index is 0.108. The molecule has 0 unspecified atom stereocenters. The van der Waals surface area contributed by atoms with Gasteiger partial charge >= 0.3 is 0 Å². The zero-order chi connectivity index (χ0) is 21.8. The maximum Gasteiger partial charge on any atom is 0.252 e. The molecule has 0 spiro atoms. The van der Waals surface area contributed by atoms with Gasteiger partial charge in [0.25, 0.3) is 5.91 Å². The number of aryl methyl sites for hydroxylation is 1. The number of amides is 1. The zero-order valence-electron chi connectivity index (χ0n) is 18.0. The minimum atomic E-state index is -0.520. The van der Waals surface area contributed by atoms with Crippen molar-refractivity contribution >= 4 is 22.5 Å². The number of aromatic nitrogens is 2. The van der Waals surface area contributed by atoms with E-state index in [1.165, 1.54) is 12.3 Å². The predicted octanol–water partition coefficient (Wildman–Crippen LogP) is 3.25. The first-order chi connectivity index (χ1) is 14.9. The highest BCUT2D eigenvalue weighted by Crippen LogP contribution is 2.48. The normalized spacial score (nSPS) is 17.6. The van der Waals surface area contributed by atoms with Gasteiger partial charge in [0.15, 0.2) is 0 Å². The molecule has 1 aromatic heterocycles. The van der Waals surface area contributed by atoms with Crippen LogP contribution in [0, 0.1) is 12.7 Å². The summed E-state index contributed by atoms with van der Waals surface area (Å²) in [5.74, 6) is -0.437. The molecule has 2 aromatic carbocycles. The number of nitrogens with one attached hydrogen (secondary N) is 1. The molecule has 1 amide bonds. The summed E-state index contributed by atoms with van der Waals surface area (Å²) < 4.78 is 14.2. The lowest BCUT2D eigenvalue weighted by Gasteiger charge is -2.44. The summed E-state index contributed by atoms with van der Waals surface area (Å²) in [6.45, 7) is 3.87. The number of rotatable bonds is 5. The number of carbonyl (C=O) groups excluding carboxylic acids is 1. The molecule has 31 heavy (non-hydrogen) atoms. The molecular formula is C24H26FN5O. The van der Waals surface area contributed by atoms with Crippen molar-refractivity contribution in [1.82, 2.24) is 20.4 Å². The largest absolute Gasteiger partial charge is 0.368 e. The maximum absolute atomic E-state index is 14.2. The number of halogens is 1. The van der Waals surface area contributed by atoms with Gasteiger partial charge < -0.3 is 15.1 Å². The fourth-order valence-electron chi connectivity index (χ4n) is 4.35. The van der Waals surface area contributed by atoms with Gasteiger partial charge in [-0.25, -0.2) is 4.39 Å². The molecule has 2 heterocycles. The second kappa shape index (κ2) is 7.27. The van der Waals surface area contributed by atoms with Crippen molar-refractivity contribution in [3.63, 3.8) is 0 Å². The van der Waals surface area contributed by atoms with Gasteiger partial charge in [0, 0.05) is 41.3 Å². The van der Waals surface area contributed by atoms with E-state index in [9.17, 15) is 9.18 Å². The fourth-order valence-corrected chi connectivity index (χ4v) is 4.35. The van der Waals surface area contributed by atoms with Crippen LogP contribution in [-0.4, -0.2) is 54.2 Å². The number of carbonyl (C=O) groups is 1. The molecule has 3 aromatic rings. The van der Waals surface area contributed by atoms with Crippen LogP contribution < -0.4 is 10.2 Å². The average Bonchev–Trinajstić information content (AvgIpc) is 3.48. The number of benzene rings is 2. The van der Waals surface area contributed by atoms with Crippen LogP contribution in [0.2, 0.25) is 0 Å². The molecule has 2 fully saturated rings. The lowest BCUT2D eigenvalue weighted by atomic mass is 9.99. The lowest BCUT2D eigenvalue weighted by molar-refractivity contribution is 0.0930. The highest BCUT2D eigenvalue weighted by Gasteiger charge is 2.47. The third-order valence-electron chi connectivity index (χ3n) is 6.67. The van der Waals surface area contributed by atoms with Crippen LogP contribution in [0.3, 0.4) is 0 Å². The van der Waals surface area contributed by atoms with E-state index in [1.807, 2.05) is 19.1 Å². The van der Waals surface area contributed by atoms with Crippen LogP contribution in [0.5, 0.6) is 0 Å². The number of anilines is 1. The quantitative estimate of drug-likeness (QED) is 0.688. The van der Waals surface area contributed by atoms with Gasteiger partial charge in [-0.2, -0.15) is 10.2 Å². The number of hydrogen-bond acceptors (Lipinski definition) is 5. The first kappa shape index (κ1) is 19.9. The molecule has 1 N–H and O–H groups in total. The molecule has 1 aliphatic heterocycles. The van der Waals surface area contributed by atoms with Crippen LogP contribution in [0.4, 0.5) is 10.1 Å². The van der Waals surface area contributed by atoms with Crippen LogP contribution in [-0.2, 0) is 5.54 Å². The third-order valence-corrected chi connectivity index (χ3v) is 6.67. The van der Waals surface area contributed by atoms with E-state index in [2.05, 4.69) is 45.5 Å². The van der Waals surface area contributed by atoms with Crippen molar-refractivity contribution < 1.29 is 9.18 Å². The molecule has 0 atom stereocenters. The molecule has 0 radical (unpaired) electrons. The Morgan fingerprint density at radius 1 is 1.19 bits per heavy atom. The topological polar surface area (TPSA) is 61.4 Å². The van der Waals surface area contributed by atoms with Crippen molar-refractivity contribution in [3.8, 4) is 0 Å². The number of fused-ring (bicyclic) bond motifs is 1. The van der Waals surface area contributed by atoms with E-state index in [0.717, 1.165) is 42.7 Å². The number of hydrogen-bond donors (Lipinski definition) is 1. The summed E-state index contributed by atoms with van der Waals surface area (Å²) in [5.41, 5.74) is 3.50. The van der Waals surface area contributed by atoms with Crippen molar-refractivity contribution in [1.29, 1.82) is 0 Å². The average molecular weight is 420 g/mol. The Hall–Kier alpha value is -3.06. The molecule has 160 valence electrons. The molecule has 5 rings (SSSR count). The molecule has 2 aliphatic rings. The van der Waals surface area contributed by atoms with E-state index in [4.69, 9.17) is 0 Å². The summed E-state index contributed by atoms with van der Waals surface area (Å²) in [6.07, 6.45) is 3.08. The molecule has 1 aliphatic carbocycles. The lowest BCUT2D eigenvalue weighted by Crippen LogP contribution is -2.57. The van der Waals surface area contributed by atoms with Gasteiger partial charge in [-0.1, -0.05) is 12.1 Å². The Balaban J connectivity index is 1.41. The zero-order valence-corrected chi connectivity index (χ0v) is 18.0. The van der Waals surface area contributed by atoms with Crippen molar-refractivity contribution in [2.45, 2.75) is 31.3 Å². The fraction of sp³-hybridized carbons (Fsp3) is 0.375. The number of likely N-dealkylation sites (N-methyl/N-ethyl adjacent to an activating group) is 1. The van der Waals surface area contributed by atoms with E-state index in [-0.39, 0.29) is 11.7 Å². The van der Waals surface area contributed by atoms with Crippen LogP contribution in [0.1, 0.15) is 34.3 Å². The van der Waals surface area contributed by atoms with E-state index in [0.29, 0.717) is 22.5 Å². The SMILES string of the molecule is Cc1ccc(N2CC(N(C)C)C2)cc1C(=O)NC1(c2ccc(F)c3ccnnc23)CC1.